The number of ether oxygens (including phenoxy) is 9. The van der Waals surface area contributed by atoms with Crippen molar-refractivity contribution in [2.75, 3.05) is 41.7 Å². The van der Waals surface area contributed by atoms with E-state index in [2.05, 4.69) is 6.92 Å². The van der Waals surface area contributed by atoms with Gasteiger partial charge in [-0.2, -0.15) is 0 Å². The Balaban J connectivity index is 1.29. The molecule has 0 amide bonds. The molecule has 3 aliphatic heterocycles. The summed E-state index contributed by atoms with van der Waals surface area (Å²) < 4.78 is 52.5. The van der Waals surface area contributed by atoms with Crippen LogP contribution in [0, 0.1) is 0 Å². The molecule has 0 spiro atoms. The summed E-state index contributed by atoms with van der Waals surface area (Å²) in [5.41, 5.74) is 0.728. The molecule has 0 bridgehead atoms. The van der Waals surface area contributed by atoms with E-state index in [-0.39, 0.29) is 61.6 Å². The van der Waals surface area contributed by atoms with Gasteiger partial charge in [0.1, 0.15) is 26.5 Å². The van der Waals surface area contributed by atoms with Crippen molar-refractivity contribution in [3.05, 3.63) is 11.6 Å². The molecule has 3 rings (SSSR count). The first-order chi connectivity index (χ1) is 26.0. The van der Waals surface area contributed by atoms with Crippen LogP contribution in [-0.4, -0.2) is 96.5 Å². The van der Waals surface area contributed by atoms with Crippen molar-refractivity contribution in [2.45, 2.75) is 217 Å². The molecular formula is C43H78O10. The van der Waals surface area contributed by atoms with Gasteiger partial charge in [-0.1, -0.05) is 110 Å². The molecule has 0 radical (unpaired) electrons. The number of unbranched alkanes of at least 4 members (excludes halogenated alkanes) is 14. The van der Waals surface area contributed by atoms with E-state index in [1.54, 1.807) is 21.3 Å². The molecule has 3 heterocycles. The van der Waals surface area contributed by atoms with Gasteiger partial charge in [-0.3, -0.25) is 0 Å². The average molecular weight is 755 g/mol. The van der Waals surface area contributed by atoms with E-state index in [9.17, 15) is 4.79 Å². The maximum Gasteiger partial charge on any atom is 0.334 e. The first-order valence-electron chi connectivity index (χ1n) is 21.5. The van der Waals surface area contributed by atoms with E-state index in [1.807, 2.05) is 13.0 Å². The zero-order valence-electron chi connectivity index (χ0n) is 34.4. The van der Waals surface area contributed by atoms with Crippen LogP contribution in [0.2, 0.25) is 0 Å². The Bertz CT molecular complexity index is 946. The van der Waals surface area contributed by atoms with Crippen LogP contribution >= 0.6 is 0 Å². The fourth-order valence-electron chi connectivity index (χ4n) is 8.23. The van der Waals surface area contributed by atoms with Crippen molar-refractivity contribution in [3.63, 3.8) is 0 Å². The Labute approximate surface area is 323 Å². The van der Waals surface area contributed by atoms with Crippen molar-refractivity contribution in [2.24, 2.45) is 0 Å². The molecule has 0 aromatic carbocycles. The molecule has 0 aliphatic carbocycles. The number of hydrogen-bond acceptors (Lipinski definition) is 10. The van der Waals surface area contributed by atoms with E-state index in [4.69, 9.17) is 42.6 Å². The summed E-state index contributed by atoms with van der Waals surface area (Å²) in [7, 11) is 5.01. The molecule has 2 fully saturated rings. The van der Waals surface area contributed by atoms with Crippen molar-refractivity contribution < 1.29 is 47.4 Å². The SMILES string of the molecule is CCCCCCCCCC[C@H](OCOC)[C@H]1CC[C@H]([C@H]2CC[C@H]([C@@H](CCCCCCCCCC[C@H](CC3=C[C@H](C)OC3=O)OCOC)OCOC)O2)O1. The van der Waals surface area contributed by atoms with Crippen molar-refractivity contribution in [1.29, 1.82) is 0 Å². The maximum atomic E-state index is 12.0. The van der Waals surface area contributed by atoms with Gasteiger partial charge < -0.3 is 42.6 Å². The van der Waals surface area contributed by atoms with Gasteiger partial charge in [-0.15, -0.1) is 0 Å². The number of carbonyl (C=O) groups excluding carboxylic acids is 1. The molecule has 0 saturated carbocycles. The summed E-state index contributed by atoms with van der Waals surface area (Å²) in [4.78, 5) is 12.0. The number of carbonyl (C=O) groups is 1. The highest BCUT2D eigenvalue weighted by atomic mass is 16.7. The van der Waals surface area contributed by atoms with Gasteiger partial charge in [0, 0.05) is 33.3 Å². The molecule has 2 saturated heterocycles. The third kappa shape index (κ3) is 19.1. The molecule has 0 N–H and O–H groups in total. The van der Waals surface area contributed by atoms with Gasteiger partial charge in [-0.05, 0) is 57.9 Å². The second-order valence-electron chi connectivity index (χ2n) is 15.7. The minimum atomic E-state index is -0.213. The summed E-state index contributed by atoms with van der Waals surface area (Å²) in [6.45, 7) is 5.02. The lowest BCUT2D eigenvalue weighted by molar-refractivity contribution is -0.158. The third-order valence-corrected chi connectivity index (χ3v) is 11.2. The fourth-order valence-corrected chi connectivity index (χ4v) is 8.23. The molecular weight excluding hydrogens is 676 g/mol. The highest BCUT2D eigenvalue weighted by Crippen LogP contribution is 2.36. The molecule has 0 aromatic rings. The molecule has 310 valence electrons. The van der Waals surface area contributed by atoms with Crippen LogP contribution in [0.15, 0.2) is 11.6 Å². The van der Waals surface area contributed by atoms with Crippen LogP contribution in [0.5, 0.6) is 0 Å². The van der Waals surface area contributed by atoms with Crippen molar-refractivity contribution in [1.82, 2.24) is 0 Å². The number of methoxy groups -OCH3 is 3. The van der Waals surface area contributed by atoms with Crippen LogP contribution in [0.25, 0.3) is 0 Å². The van der Waals surface area contributed by atoms with Crippen molar-refractivity contribution in [3.8, 4) is 0 Å². The lowest BCUT2D eigenvalue weighted by Gasteiger charge is -2.27. The number of hydrogen-bond donors (Lipinski definition) is 0. The van der Waals surface area contributed by atoms with Gasteiger partial charge in [0.05, 0.1) is 42.7 Å². The van der Waals surface area contributed by atoms with E-state index < -0.39 is 0 Å². The lowest BCUT2D eigenvalue weighted by Crippen LogP contribution is -2.35. The van der Waals surface area contributed by atoms with E-state index in [0.29, 0.717) is 20.0 Å². The zero-order chi connectivity index (χ0) is 37.9. The smallest absolute Gasteiger partial charge is 0.334 e. The highest BCUT2D eigenvalue weighted by Gasteiger charge is 2.42. The highest BCUT2D eigenvalue weighted by molar-refractivity contribution is 5.90. The summed E-state index contributed by atoms with van der Waals surface area (Å²) in [6.07, 6.45) is 29.9. The van der Waals surface area contributed by atoms with Crippen LogP contribution in [0.3, 0.4) is 0 Å². The first-order valence-corrected chi connectivity index (χ1v) is 21.5. The molecule has 8 atom stereocenters. The average Bonchev–Trinajstić information content (AvgIpc) is 3.92. The standard InChI is InChI=1S/C43H78O10/c1-6-7-8-9-10-14-17-20-23-37(49-32-46-4)39-25-27-41(52-39)42-28-26-40(53-42)38(50-33-47-5)24-21-18-15-12-11-13-16-19-22-36(48-31-45-3)30-35-29-34(2)51-43(35)44/h29,34,36-42H,6-28,30-33H2,1-5H3/t34-,36+,37-,38+,39+,40+,41+,42+/m0/s1. The number of cyclic esters (lactones) is 1. The Kier molecular flexibility index (Phi) is 25.5. The summed E-state index contributed by atoms with van der Waals surface area (Å²) in [5, 5.41) is 0. The van der Waals surface area contributed by atoms with Gasteiger partial charge in [-0.25, -0.2) is 4.79 Å². The molecule has 3 aliphatic rings. The molecule has 10 nitrogen and oxygen atoms in total. The molecule has 0 aromatic heterocycles. The minimum absolute atomic E-state index is 0.0172. The van der Waals surface area contributed by atoms with Gasteiger partial charge in [0.25, 0.3) is 0 Å². The second kappa shape index (κ2) is 29.2. The fraction of sp³-hybridized carbons (Fsp3) is 0.930. The monoisotopic (exact) mass is 755 g/mol. The van der Waals surface area contributed by atoms with Crippen LogP contribution in [0.4, 0.5) is 0 Å². The molecule has 0 unspecified atom stereocenters. The predicted octanol–water partition coefficient (Wildman–Crippen LogP) is 9.74. The van der Waals surface area contributed by atoms with Crippen LogP contribution in [0.1, 0.15) is 168 Å². The Morgan fingerprint density at radius 2 is 1.04 bits per heavy atom. The quantitative estimate of drug-likeness (QED) is 0.0359. The zero-order valence-corrected chi connectivity index (χ0v) is 34.4. The molecule has 53 heavy (non-hydrogen) atoms. The molecule has 10 heteroatoms. The van der Waals surface area contributed by atoms with E-state index in [0.717, 1.165) is 63.4 Å². The minimum Gasteiger partial charge on any atom is -0.455 e. The Morgan fingerprint density at radius 1 is 0.604 bits per heavy atom. The summed E-state index contributed by atoms with van der Waals surface area (Å²) in [5.74, 6) is -0.213. The summed E-state index contributed by atoms with van der Waals surface area (Å²) >= 11 is 0. The topological polar surface area (TPSA) is 100 Å². The predicted molar refractivity (Wildman–Crippen MR) is 208 cm³/mol. The lowest BCUT2D eigenvalue weighted by atomic mass is 9.99. The van der Waals surface area contributed by atoms with Crippen molar-refractivity contribution >= 4 is 5.97 Å². The van der Waals surface area contributed by atoms with Gasteiger partial charge in [0.2, 0.25) is 0 Å². The van der Waals surface area contributed by atoms with Crippen LogP contribution in [-0.2, 0) is 47.4 Å². The summed E-state index contributed by atoms with van der Waals surface area (Å²) in [6, 6.07) is 0. The number of esters is 1. The maximum absolute atomic E-state index is 12.0. The third-order valence-electron chi connectivity index (χ3n) is 11.2. The Morgan fingerprint density at radius 3 is 1.47 bits per heavy atom. The normalized spacial score (nSPS) is 24.8. The Hall–Kier alpha value is -1.11. The first kappa shape index (κ1) is 46.3. The van der Waals surface area contributed by atoms with Crippen LogP contribution < -0.4 is 0 Å². The van der Waals surface area contributed by atoms with Gasteiger partial charge >= 0.3 is 5.97 Å². The van der Waals surface area contributed by atoms with E-state index in [1.165, 1.54) is 89.9 Å². The second-order valence-corrected chi connectivity index (χ2v) is 15.7. The van der Waals surface area contributed by atoms with Gasteiger partial charge in [0.15, 0.2) is 0 Å². The number of rotatable bonds is 34. The van der Waals surface area contributed by atoms with E-state index >= 15 is 0 Å². The largest absolute Gasteiger partial charge is 0.455 e.